The molecule has 1 aromatic carbocycles. The zero-order valence-electron chi connectivity index (χ0n) is 15.3. The fraction of sp³-hybridized carbons (Fsp3) is 0.591. The van der Waals surface area contributed by atoms with Crippen molar-refractivity contribution in [2.24, 2.45) is 5.92 Å². The molecule has 1 rings (SSSR count). The van der Waals surface area contributed by atoms with Gasteiger partial charge in [-0.2, -0.15) is 0 Å². The lowest BCUT2D eigenvalue weighted by molar-refractivity contribution is -0.137. The van der Waals surface area contributed by atoms with Crippen LogP contribution in [-0.2, 0) is 11.2 Å². The highest BCUT2D eigenvalue weighted by Crippen LogP contribution is 2.14. The van der Waals surface area contributed by atoms with Gasteiger partial charge >= 0.3 is 5.97 Å². The molecule has 0 aliphatic rings. The van der Waals surface area contributed by atoms with Crippen LogP contribution < -0.4 is 0 Å². The number of aliphatic carboxylic acids is 1. The van der Waals surface area contributed by atoms with Crippen LogP contribution >= 0.6 is 0 Å². The minimum atomic E-state index is -0.674. The molecule has 0 heterocycles. The van der Waals surface area contributed by atoms with E-state index in [0.29, 0.717) is 12.3 Å². The molecule has 0 aliphatic carbocycles. The summed E-state index contributed by atoms with van der Waals surface area (Å²) in [4.78, 5) is 10.4. The monoisotopic (exact) mass is 330 g/mol. The van der Waals surface area contributed by atoms with E-state index in [2.05, 4.69) is 49.4 Å². The van der Waals surface area contributed by atoms with Gasteiger partial charge in [-0.3, -0.25) is 4.79 Å². The van der Waals surface area contributed by atoms with Crippen LogP contribution in [0.2, 0.25) is 0 Å². The number of carboxylic acids is 1. The first-order valence-corrected chi connectivity index (χ1v) is 9.61. The Morgan fingerprint density at radius 2 is 1.71 bits per heavy atom. The highest BCUT2D eigenvalue weighted by Gasteiger charge is 1.99. The fourth-order valence-corrected chi connectivity index (χ4v) is 2.93. The van der Waals surface area contributed by atoms with E-state index in [1.165, 1.54) is 44.1 Å². The quantitative estimate of drug-likeness (QED) is 0.316. The predicted molar refractivity (Wildman–Crippen MR) is 102 cm³/mol. The van der Waals surface area contributed by atoms with Crippen molar-refractivity contribution in [2.75, 3.05) is 0 Å². The summed E-state index contributed by atoms with van der Waals surface area (Å²) in [7, 11) is 0. The average Bonchev–Trinajstić information content (AvgIpc) is 2.57. The van der Waals surface area contributed by atoms with Crippen molar-refractivity contribution in [3.8, 4) is 0 Å². The minimum Gasteiger partial charge on any atom is -0.481 e. The molecule has 2 heteroatoms. The summed E-state index contributed by atoms with van der Waals surface area (Å²) >= 11 is 0. The van der Waals surface area contributed by atoms with Crippen molar-refractivity contribution in [1.29, 1.82) is 0 Å². The van der Waals surface area contributed by atoms with Crippen LogP contribution in [0, 0.1) is 5.92 Å². The number of hydrogen-bond donors (Lipinski definition) is 1. The second kappa shape index (κ2) is 13.8. The summed E-state index contributed by atoms with van der Waals surface area (Å²) in [6.07, 6.45) is 16.7. The van der Waals surface area contributed by atoms with Crippen LogP contribution in [-0.4, -0.2) is 11.1 Å². The zero-order chi connectivity index (χ0) is 17.5. The minimum absolute atomic E-state index is 0.317. The van der Waals surface area contributed by atoms with Gasteiger partial charge in [0.25, 0.3) is 0 Å². The Bertz CT molecular complexity index is 450. The first-order chi connectivity index (χ1) is 11.7. The van der Waals surface area contributed by atoms with Crippen LogP contribution in [0.1, 0.15) is 76.7 Å². The number of carboxylic acid groups (broad SMARTS) is 1. The van der Waals surface area contributed by atoms with Gasteiger partial charge in [0.2, 0.25) is 0 Å². The van der Waals surface area contributed by atoms with E-state index < -0.39 is 5.97 Å². The predicted octanol–water partition coefficient (Wildman–Crippen LogP) is 6.41. The summed E-state index contributed by atoms with van der Waals surface area (Å²) in [6.45, 7) is 2.31. The largest absolute Gasteiger partial charge is 0.481 e. The summed E-state index contributed by atoms with van der Waals surface area (Å²) in [6, 6.07) is 10.7. The molecular weight excluding hydrogens is 296 g/mol. The van der Waals surface area contributed by atoms with E-state index >= 15 is 0 Å². The topological polar surface area (TPSA) is 37.3 Å². The molecule has 0 amide bonds. The molecule has 0 aliphatic heterocycles. The van der Waals surface area contributed by atoms with Gasteiger partial charge < -0.3 is 5.11 Å². The molecule has 1 N–H and O–H groups in total. The van der Waals surface area contributed by atoms with E-state index in [-0.39, 0.29) is 0 Å². The first kappa shape index (κ1) is 20.5. The van der Waals surface area contributed by atoms with Crippen molar-refractivity contribution in [1.82, 2.24) is 0 Å². The Hall–Kier alpha value is -1.57. The Kier molecular flexibility index (Phi) is 11.8. The molecule has 0 saturated carbocycles. The van der Waals surface area contributed by atoms with Crippen molar-refractivity contribution in [3.05, 3.63) is 48.0 Å². The third-order valence-electron chi connectivity index (χ3n) is 4.44. The number of hydrogen-bond acceptors (Lipinski definition) is 1. The summed E-state index contributed by atoms with van der Waals surface area (Å²) in [5.74, 6) is 0.00113. The molecule has 134 valence electrons. The van der Waals surface area contributed by atoms with Gasteiger partial charge in [0.15, 0.2) is 0 Å². The number of aryl methyl sites for hydroxylation is 1. The molecular formula is C22H34O2. The molecule has 24 heavy (non-hydrogen) atoms. The van der Waals surface area contributed by atoms with Crippen molar-refractivity contribution >= 4 is 5.97 Å². The molecule has 0 spiro atoms. The highest BCUT2D eigenvalue weighted by atomic mass is 16.4. The summed E-state index contributed by atoms with van der Waals surface area (Å²) in [5, 5.41) is 8.57. The third kappa shape index (κ3) is 11.9. The van der Waals surface area contributed by atoms with E-state index in [0.717, 1.165) is 25.7 Å². The van der Waals surface area contributed by atoms with E-state index in [1.807, 2.05) is 0 Å². The van der Waals surface area contributed by atoms with Crippen molar-refractivity contribution in [3.63, 3.8) is 0 Å². The van der Waals surface area contributed by atoms with E-state index in [9.17, 15) is 4.79 Å². The van der Waals surface area contributed by atoms with Crippen LogP contribution in [0.25, 0.3) is 0 Å². The lowest BCUT2D eigenvalue weighted by Crippen LogP contribution is -1.93. The number of benzene rings is 1. The van der Waals surface area contributed by atoms with Gasteiger partial charge in [0.1, 0.15) is 0 Å². The van der Waals surface area contributed by atoms with Crippen molar-refractivity contribution < 1.29 is 9.90 Å². The lowest BCUT2D eigenvalue weighted by Gasteiger charge is -2.06. The maximum absolute atomic E-state index is 10.4. The summed E-state index contributed by atoms with van der Waals surface area (Å²) < 4.78 is 0. The second-order valence-electron chi connectivity index (χ2n) is 6.84. The normalized spacial score (nSPS) is 12.5. The standard InChI is InChI=1S/C22H34O2/c1-20(14-8-4-2-3-5-13-19-22(23)24)15-9-6-10-16-21-17-11-7-12-18-21/h7-8,11-12,14,17-18,20H,2-6,9-10,13,15-16,19H2,1H3,(H,23,24)/b14-8+. The Labute approximate surface area is 148 Å². The fourth-order valence-electron chi connectivity index (χ4n) is 2.93. The number of unbranched alkanes of at least 4 members (excludes halogenated alkanes) is 6. The highest BCUT2D eigenvalue weighted by molar-refractivity contribution is 5.66. The maximum Gasteiger partial charge on any atom is 0.303 e. The average molecular weight is 331 g/mol. The molecule has 0 radical (unpaired) electrons. The Morgan fingerprint density at radius 1 is 1.00 bits per heavy atom. The SMILES string of the molecule is CC(/C=C/CCCCCCC(=O)O)CCCCCc1ccccc1. The maximum atomic E-state index is 10.4. The van der Waals surface area contributed by atoms with Gasteiger partial charge in [-0.1, -0.05) is 75.1 Å². The van der Waals surface area contributed by atoms with Crippen molar-refractivity contribution in [2.45, 2.75) is 77.6 Å². The third-order valence-corrected chi connectivity index (χ3v) is 4.44. The molecule has 0 bridgehead atoms. The van der Waals surface area contributed by atoms with Gasteiger partial charge in [0, 0.05) is 6.42 Å². The number of allylic oxidation sites excluding steroid dienone is 2. The first-order valence-electron chi connectivity index (χ1n) is 9.61. The smallest absolute Gasteiger partial charge is 0.303 e. The molecule has 0 fully saturated rings. The van der Waals surface area contributed by atoms with Gasteiger partial charge in [0.05, 0.1) is 0 Å². The van der Waals surface area contributed by atoms with Crippen LogP contribution in [0.15, 0.2) is 42.5 Å². The summed E-state index contributed by atoms with van der Waals surface area (Å²) in [5.41, 5.74) is 1.45. The van der Waals surface area contributed by atoms with Crippen LogP contribution in [0.5, 0.6) is 0 Å². The van der Waals surface area contributed by atoms with Crippen LogP contribution in [0.4, 0.5) is 0 Å². The molecule has 2 nitrogen and oxygen atoms in total. The lowest BCUT2D eigenvalue weighted by atomic mass is 10.00. The molecule has 0 saturated heterocycles. The van der Waals surface area contributed by atoms with E-state index in [4.69, 9.17) is 5.11 Å². The molecule has 1 aromatic rings. The van der Waals surface area contributed by atoms with Gasteiger partial charge in [-0.05, 0) is 50.0 Å². The van der Waals surface area contributed by atoms with Gasteiger partial charge in [-0.25, -0.2) is 0 Å². The molecule has 1 unspecified atom stereocenters. The van der Waals surface area contributed by atoms with E-state index in [1.54, 1.807) is 0 Å². The zero-order valence-corrected chi connectivity index (χ0v) is 15.3. The molecule has 0 aromatic heterocycles. The Morgan fingerprint density at radius 3 is 2.46 bits per heavy atom. The molecule has 1 atom stereocenters. The Balaban J connectivity index is 1.91. The van der Waals surface area contributed by atoms with Gasteiger partial charge in [-0.15, -0.1) is 0 Å². The number of carbonyl (C=O) groups is 1. The number of rotatable bonds is 14. The second-order valence-corrected chi connectivity index (χ2v) is 6.84. The van der Waals surface area contributed by atoms with Crippen LogP contribution in [0.3, 0.4) is 0 Å².